The number of benzene rings is 2. The van der Waals surface area contributed by atoms with Crippen LogP contribution in [0.1, 0.15) is 30.3 Å². The molecule has 2 aromatic carbocycles. The number of carbonyl (C=O) groups is 1. The number of aromatic amines is 1. The zero-order valence-corrected chi connectivity index (χ0v) is 16.3. The van der Waals surface area contributed by atoms with E-state index in [-0.39, 0.29) is 5.91 Å². The van der Waals surface area contributed by atoms with E-state index in [0.29, 0.717) is 17.3 Å². The molecule has 0 aliphatic rings. The molecular formula is C20H21ClN2O2S. The highest BCUT2D eigenvalue weighted by atomic mass is 35.5. The minimum Gasteiger partial charge on any atom is -0.497 e. The molecule has 0 radical (unpaired) electrons. The standard InChI is InChI=1S/C20H21ClN2O2S/c1-3-4-11-22-20(24)18-19(26-15-8-5-13(21)6-9-15)16-10-7-14(25-2)12-17(16)23-18/h5-10,12,23H,3-4,11H2,1-2H3,(H,22,24). The third-order valence-corrected chi connectivity index (χ3v) is 5.42. The van der Waals surface area contributed by atoms with Gasteiger partial charge in [0.2, 0.25) is 0 Å². The lowest BCUT2D eigenvalue weighted by molar-refractivity contribution is 0.0946. The number of aromatic nitrogens is 1. The van der Waals surface area contributed by atoms with Gasteiger partial charge < -0.3 is 15.0 Å². The molecule has 1 aromatic heterocycles. The summed E-state index contributed by atoms with van der Waals surface area (Å²) in [7, 11) is 1.63. The maximum Gasteiger partial charge on any atom is 0.268 e. The van der Waals surface area contributed by atoms with Crippen LogP contribution in [0.5, 0.6) is 5.75 Å². The van der Waals surface area contributed by atoms with Gasteiger partial charge in [0, 0.05) is 27.9 Å². The Morgan fingerprint density at radius 1 is 1.23 bits per heavy atom. The maximum atomic E-state index is 12.7. The van der Waals surface area contributed by atoms with Crippen LogP contribution in [0.3, 0.4) is 0 Å². The normalized spacial score (nSPS) is 10.9. The number of H-pyrrole nitrogens is 1. The number of methoxy groups -OCH3 is 1. The van der Waals surface area contributed by atoms with Crippen LogP contribution in [0, 0.1) is 0 Å². The van der Waals surface area contributed by atoms with E-state index in [1.165, 1.54) is 0 Å². The van der Waals surface area contributed by atoms with E-state index in [4.69, 9.17) is 16.3 Å². The first-order valence-electron chi connectivity index (χ1n) is 8.53. The van der Waals surface area contributed by atoms with Gasteiger partial charge in [0.05, 0.1) is 17.5 Å². The second kappa shape index (κ2) is 8.52. The summed E-state index contributed by atoms with van der Waals surface area (Å²) in [6.45, 7) is 2.77. The van der Waals surface area contributed by atoms with Crippen molar-refractivity contribution in [1.29, 1.82) is 0 Å². The number of ether oxygens (including phenoxy) is 1. The second-order valence-electron chi connectivity index (χ2n) is 5.91. The molecule has 0 saturated heterocycles. The Bertz CT molecular complexity index is 906. The molecule has 0 aliphatic heterocycles. The molecule has 26 heavy (non-hydrogen) atoms. The van der Waals surface area contributed by atoms with Crippen LogP contribution in [0.25, 0.3) is 10.9 Å². The molecule has 0 atom stereocenters. The fourth-order valence-corrected chi connectivity index (χ4v) is 3.80. The minimum atomic E-state index is -0.0925. The average Bonchev–Trinajstić information content (AvgIpc) is 3.01. The van der Waals surface area contributed by atoms with Gasteiger partial charge in [-0.3, -0.25) is 4.79 Å². The highest BCUT2D eigenvalue weighted by Crippen LogP contribution is 2.38. The first-order valence-corrected chi connectivity index (χ1v) is 9.73. The summed E-state index contributed by atoms with van der Waals surface area (Å²) in [6.07, 6.45) is 2.00. The van der Waals surface area contributed by atoms with Gasteiger partial charge in [-0.15, -0.1) is 0 Å². The van der Waals surface area contributed by atoms with Gasteiger partial charge in [0.15, 0.2) is 0 Å². The number of rotatable bonds is 7. The van der Waals surface area contributed by atoms with Crippen LogP contribution < -0.4 is 10.1 Å². The third kappa shape index (κ3) is 4.17. The lowest BCUT2D eigenvalue weighted by Gasteiger charge is -2.06. The van der Waals surface area contributed by atoms with Gasteiger partial charge in [-0.2, -0.15) is 0 Å². The molecule has 0 fully saturated rings. The van der Waals surface area contributed by atoms with Crippen LogP contribution in [0.2, 0.25) is 5.02 Å². The largest absolute Gasteiger partial charge is 0.497 e. The molecule has 0 saturated carbocycles. The van der Waals surface area contributed by atoms with E-state index >= 15 is 0 Å². The molecule has 0 unspecified atom stereocenters. The SMILES string of the molecule is CCCCNC(=O)c1[nH]c2cc(OC)ccc2c1Sc1ccc(Cl)cc1. The number of nitrogens with one attached hydrogen (secondary N) is 2. The Morgan fingerprint density at radius 2 is 2.00 bits per heavy atom. The molecule has 0 aliphatic carbocycles. The number of unbranched alkanes of at least 4 members (excludes halogenated alkanes) is 1. The zero-order valence-electron chi connectivity index (χ0n) is 14.8. The lowest BCUT2D eigenvalue weighted by Crippen LogP contribution is -2.25. The van der Waals surface area contributed by atoms with Crippen molar-refractivity contribution in [1.82, 2.24) is 10.3 Å². The Labute approximate surface area is 162 Å². The van der Waals surface area contributed by atoms with Gasteiger partial charge in [-0.05, 0) is 42.8 Å². The Morgan fingerprint density at radius 3 is 2.69 bits per heavy atom. The van der Waals surface area contributed by atoms with E-state index in [9.17, 15) is 4.79 Å². The third-order valence-electron chi connectivity index (χ3n) is 4.03. The Balaban J connectivity index is 2.00. The molecule has 3 aromatic rings. The van der Waals surface area contributed by atoms with Crippen molar-refractivity contribution >= 4 is 40.2 Å². The first-order chi connectivity index (χ1) is 12.6. The Kier molecular flexibility index (Phi) is 6.12. The molecule has 0 spiro atoms. The van der Waals surface area contributed by atoms with E-state index in [1.54, 1.807) is 18.9 Å². The van der Waals surface area contributed by atoms with Gasteiger partial charge in [0.25, 0.3) is 5.91 Å². The summed E-state index contributed by atoms with van der Waals surface area (Å²) in [5, 5.41) is 4.67. The molecule has 1 amide bonds. The van der Waals surface area contributed by atoms with Crippen molar-refractivity contribution in [3.63, 3.8) is 0 Å². The quantitative estimate of drug-likeness (QED) is 0.524. The van der Waals surface area contributed by atoms with Crippen molar-refractivity contribution in [3.8, 4) is 5.75 Å². The van der Waals surface area contributed by atoms with Crippen LogP contribution >= 0.6 is 23.4 Å². The first kappa shape index (κ1) is 18.7. The fraction of sp³-hybridized carbons (Fsp3) is 0.250. The molecule has 6 heteroatoms. The monoisotopic (exact) mass is 388 g/mol. The predicted octanol–water partition coefficient (Wildman–Crippen LogP) is 5.51. The summed E-state index contributed by atoms with van der Waals surface area (Å²) in [5.41, 5.74) is 1.45. The van der Waals surface area contributed by atoms with Crippen molar-refractivity contribution < 1.29 is 9.53 Å². The van der Waals surface area contributed by atoms with E-state index in [0.717, 1.165) is 39.3 Å². The van der Waals surface area contributed by atoms with Crippen molar-refractivity contribution in [2.45, 2.75) is 29.6 Å². The minimum absolute atomic E-state index is 0.0925. The molecular weight excluding hydrogens is 368 g/mol. The molecule has 1 heterocycles. The van der Waals surface area contributed by atoms with Crippen LogP contribution in [0.4, 0.5) is 0 Å². The highest BCUT2D eigenvalue weighted by Gasteiger charge is 2.19. The molecule has 4 nitrogen and oxygen atoms in total. The second-order valence-corrected chi connectivity index (χ2v) is 7.43. The number of amides is 1. The van der Waals surface area contributed by atoms with Gasteiger partial charge in [-0.25, -0.2) is 0 Å². The van der Waals surface area contributed by atoms with E-state index in [2.05, 4.69) is 17.2 Å². The van der Waals surface area contributed by atoms with Crippen LogP contribution in [0.15, 0.2) is 52.3 Å². The van der Waals surface area contributed by atoms with Crippen LogP contribution in [-0.4, -0.2) is 24.5 Å². The van der Waals surface area contributed by atoms with Crippen molar-refractivity contribution in [3.05, 3.63) is 53.2 Å². The number of hydrogen-bond acceptors (Lipinski definition) is 3. The lowest BCUT2D eigenvalue weighted by atomic mass is 10.2. The molecule has 0 bridgehead atoms. The average molecular weight is 389 g/mol. The number of fused-ring (bicyclic) bond motifs is 1. The summed E-state index contributed by atoms with van der Waals surface area (Å²) >= 11 is 7.53. The Hall–Kier alpha value is -2.11. The molecule has 2 N–H and O–H groups in total. The van der Waals surface area contributed by atoms with Crippen molar-refractivity contribution in [2.24, 2.45) is 0 Å². The predicted molar refractivity (Wildman–Crippen MR) is 108 cm³/mol. The molecule has 3 rings (SSSR count). The van der Waals surface area contributed by atoms with Crippen LogP contribution in [-0.2, 0) is 0 Å². The summed E-state index contributed by atoms with van der Waals surface area (Å²) in [5.74, 6) is 0.657. The summed E-state index contributed by atoms with van der Waals surface area (Å²) in [4.78, 5) is 17.9. The number of hydrogen-bond donors (Lipinski definition) is 2. The van der Waals surface area contributed by atoms with Crippen molar-refractivity contribution in [2.75, 3.05) is 13.7 Å². The zero-order chi connectivity index (χ0) is 18.5. The van der Waals surface area contributed by atoms with E-state index in [1.807, 2.05) is 42.5 Å². The fourth-order valence-electron chi connectivity index (χ4n) is 2.63. The van der Waals surface area contributed by atoms with Gasteiger partial charge in [-0.1, -0.05) is 36.7 Å². The maximum absolute atomic E-state index is 12.7. The smallest absolute Gasteiger partial charge is 0.268 e. The molecule has 136 valence electrons. The topological polar surface area (TPSA) is 54.1 Å². The summed E-state index contributed by atoms with van der Waals surface area (Å²) < 4.78 is 5.30. The van der Waals surface area contributed by atoms with Gasteiger partial charge >= 0.3 is 0 Å². The number of carbonyl (C=O) groups excluding carboxylic acids is 1. The summed E-state index contributed by atoms with van der Waals surface area (Å²) in [6, 6.07) is 13.4. The number of halogens is 1. The van der Waals surface area contributed by atoms with E-state index < -0.39 is 0 Å². The van der Waals surface area contributed by atoms with Gasteiger partial charge in [0.1, 0.15) is 11.4 Å². The highest BCUT2D eigenvalue weighted by molar-refractivity contribution is 7.99.